The predicted octanol–water partition coefficient (Wildman–Crippen LogP) is -3.42. The van der Waals surface area contributed by atoms with Gasteiger partial charge in [0.05, 0.1) is 0 Å². The van der Waals surface area contributed by atoms with Crippen molar-refractivity contribution in [3.05, 3.63) is 0 Å². The van der Waals surface area contributed by atoms with Crippen molar-refractivity contribution in [2.45, 2.75) is 0 Å². The number of halogens is 1. The summed E-state index contributed by atoms with van der Waals surface area (Å²) in [7, 11) is 0. The summed E-state index contributed by atoms with van der Waals surface area (Å²) in [5.74, 6) is 3.50. The van der Waals surface area contributed by atoms with Gasteiger partial charge in [0, 0.05) is 0 Å². The molecule has 0 aromatic rings. The van der Waals surface area contributed by atoms with Crippen LogP contribution in [-0.4, -0.2) is 10.7 Å². The predicted molar refractivity (Wildman–Crippen MR) is 15.2 cm³/mol. The summed E-state index contributed by atoms with van der Waals surface area (Å²) in [5, 5.41) is 6.50. The van der Waals surface area contributed by atoms with Gasteiger partial charge < -0.3 is 10.7 Å². The number of hydrogen-bond donors (Lipinski definition) is 2. The van der Waals surface area contributed by atoms with Crippen LogP contribution in [0.2, 0.25) is 0 Å². The first-order valence-electron chi connectivity index (χ1n) is 0.258. The minimum Gasteiger partial charge on any atom is -0.870 e. The summed E-state index contributed by atoms with van der Waals surface area (Å²) >= 11 is 0. The Morgan fingerprint density at radius 3 is 1.20 bits per heavy atom. The van der Waals surface area contributed by atoms with Crippen LogP contribution in [-0.2, 0) is 0 Å². The number of rotatable bonds is 0. The quantitative estimate of drug-likeness (QED) is 0.262. The Labute approximate surface area is 79.0 Å². The van der Waals surface area contributed by atoms with E-state index in [9.17, 15) is 0 Å². The van der Waals surface area contributed by atoms with Crippen LogP contribution >= 0.6 is 12.4 Å². The Morgan fingerprint density at radius 2 is 1.20 bits per heavy atom. The maximum Gasteiger partial charge on any atom is 1.00 e. The molecule has 0 saturated carbocycles. The molecule has 0 aliphatic carbocycles. The van der Waals surface area contributed by atoms with E-state index in [1.807, 2.05) is 0 Å². The van der Waals surface area contributed by atoms with Crippen molar-refractivity contribution in [2.24, 2.45) is 5.90 Å². The van der Waals surface area contributed by atoms with Crippen molar-refractivity contribution in [1.29, 1.82) is 0 Å². The SMILES string of the molecule is Cl.NO.[K+].[OH-]. The van der Waals surface area contributed by atoms with Gasteiger partial charge in [-0.1, -0.05) is 0 Å². The van der Waals surface area contributed by atoms with E-state index in [2.05, 4.69) is 5.90 Å². The van der Waals surface area contributed by atoms with Gasteiger partial charge in [-0.15, -0.1) is 12.4 Å². The summed E-state index contributed by atoms with van der Waals surface area (Å²) < 4.78 is 0. The zero-order chi connectivity index (χ0) is 2.00. The molecule has 4 N–H and O–H groups in total. The molecule has 0 fully saturated rings. The fourth-order valence-corrected chi connectivity index (χ4v) is 0. The molecule has 0 aliphatic heterocycles. The van der Waals surface area contributed by atoms with E-state index in [1.165, 1.54) is 0 Å². The molecule has 3 nitrogen and oxygen atoms in total. The molecular weight excluding hydrogens is 121 g/mol. The Balaban J connectivity index is -0.00000000167. The van der Waals surface area contributed by atoms with Crippen LogP contribution in [0.4, 0.5) is 0 Å². The van der Waals surface area contributed by atoms with Gasteiger partial charge in [-0.25, -0.2) is 5.90 Å². The van der Waals surface area contributed by atoms with E-state index in [0.29, 0.717) is 0 Å². The third-order valence-electron chi connectivity index (χ3n) is 0. The molecule has 0 atom stereocenters. The molecular formula is H5ClKNO2. The first-order valence-corrected chi connectivity index (χ1v) is 0.258. The van der Waals surface area contributed by atoms with Crippen LogP contribution in [0.1, 0.15) is 0 Å². The Bertz CT molecular complexity index is 9.61. The standard InChI is InChI=1S/ClH.K.H3NO.H2O/c;;1-2;/h1H;;2H,1H2;1H2/q;+1;;/p-1. The van der Waals surface area contributed by atoms with Gasteiger partial charge in [-0.2, -0.15) is 0 Å². The first-order chi connectivity index (χ1) is 1.00. The minimum absolute atomic E-state index is 0. The van der Waals surface area contributed by atoms with E-state index in [1.54, 1.807) is 0 Å². The molecule has 0 amide bonds. The van der Waals surface area contributed by atoms with Gasteiger partial charge in [0.1, 0.15) is 0 Å². The average molecular weight is 126 g/mol. The third-order valence-corrected chi connectivity index (χ3v) is 0. The smallest absolute Gasteiger partial charge is 0.870 e. The van der Waals surface area contributed by atoms with Crippen molar-refractivity contribution in [2.75, 3.05) is 0 Å². The fraction of sp³-hybridized carbons (Fsp3) is 0. The number of nitrogens with two attached hydrogens (primary N) is 1. The number of hydrogen-bond acceptors (Lipinski definition) is 3. The third kappa shape index (κ3) is 25.8. The van der Waals surface area contributed by atoms with Crippen LogP contribution in [0.25, 0.3) is 0 Å². The van der Waals surface area contributed by atoms with Crippen molar-refractivity contribution < 1.29 is 62.1 Å². The minimum atomic E-state index is 0. The maximum absolute atomic E-state index is 6.50. The maximum atomic E-state index is 6.50. The molecule has 0 aliphatic rings. The second-order valence-corrected chi connectivity index (χ2v) is 0. The molecule has 0 bridgehead atoms. The Morgan fingerprint density at radius 1 is 1.20 bits per heavy atom. The van der Waals surface area contributed by atoms with Crippen molar-refractivity contribution in [1.82, 2.24) is 0 Å². The Kier molecular flexibility index (Phi) is 240. The van der Waals surface area contributed by atoms with Crippen LogP contribution in [0, 0.1) is 0 Å². The van der Waals surface area contributed by atoms with Gasteiger partial charge in [-0.3, -0.25) is 0 Å². The van der Waals surface area contributed by atoms with E-state index in [-0.39, 0.29) is 69.3 Å². The molecule has 0 radical (unpaired) electrons. The molecule has 0 rings (SSSR count). The van der Waals surface area contributed by atoms with E-state index >= 15 is 0 Å². The van der Waals surface area contributed by atoms with Crippen LogP contribution in [0.3, 0.4) is 0 Å². The van der Waals surface area contributed by atoms with Gasteiger partial charge in [0.15, 0.2) is 0 Å². The van der Waals surface area contributed by atoms with E-state index in [4.69, 9.17) is 5.21 Å². The zero-order valence-electron chi connectivity index (χ0n) is 2.88. The normalized spacial score (nSPS) is 1.20. The summed E-state index contributed by atoms with van der Waals surface area (Å²) in [6.45, 7) is 0. The van der Waals surface area contributed by atoms with E-state index < -0.39 is 0 Å². The second kappa shape index (κ2) is 41.1. The molecule has 0 unspecified atom stereocenters. The summed E-state index contributed by atoms with van der Waals surface area (Å²) in [4.78, 5) is 0. The molecule has 5 heavy (non-hydrogen) atoms. The van der Waals surface area contributed by atoms with Crippen LogP contribution in [0.5, 0.6) is 0 Å². The first kappa shape index (κ1) is 29.1. The molecule has 5 heteroatoms. The van der Waals surface area contributed by atoms with Gasteiger partial charge >= 0.3 is 51.4 Å². The molecule has 0 aromatic carbocycles. The van der Waals surface area contributed by atoms with Gasteiger partial charge in [0.2, 0.25) is 0 Å². The van der Waals surface area contributed by atoms with Crippen LogP contribution in [0.15, 0.2) is 0 Å². The summed E-state index contributed by atoms with van der Waals surface area (Å²) in [6.07, 6.45) is 0. The molecule has 30 valence electrons. The van der Waals surface area contributed by atoms with Gasteiger partial charge in [-0.05, 0) is 0 Å². The van der Waals surface area contributed by atoms with Crippen molar-refractivity contribution in [3.63, 3.8) is 0 Å². The molecule has 0 saturated heterocycles. The second-order valence-electron chi connectivity index (χ2n) is 0. The fourth-order valence-electron chi connectivity index (χ4n) is 0. The molecule has 0 spiro atoms. The molecule has 0 heterocycles. The molecule has 0 aromatic heterocycles. The van der Waals surface area contributed by atoms with Crippen molar-refractivity contribution >= 4 is 12.4 Å². The largest absolute Gasteiger partial charge is 1.00 e. The zero-order valence-corrected chi connectivity index (χ0v) is 6.82. The van der Waals surface area contributed by atoms with Crippen LogP contribution < -0.4 is 57.3 Å². The summed E-state index contributed by atoms with van der Waals surface area (Å²) in [6, 6.07) is 0. The van der Waals surface area contributed by atoms with Gasteiger partial charge in [0.25, 0.3) is 0 Å². The van der Waals surface area contributed by atoms with Crippen molar-refractivity contribution in [3.8, 4) is 0 Å². The Hall–Kier alpha value is 1.81. The monoisotopic (exact) mass is 125 g/mol. The summed E-state index contributed by atoms with van der Waals surface area (Å²) in [5.41, 5.74) is 0. The average Bonchev–Trinajstić information content (AvgIpc) is 1.00. The van der Waals surface area contributed by atoms with E-state index in [0.717, 1.165) is 0 Å². The topological polar surface area (TPSA) is 76.2 Å².